The number of aryl methyl sites for hydroxylation is 2. The summed E-state index contributed by atoms with van der Waals surface area (Å²) in [5.41, 5.74) is 5.28. The Bertz CT molecular complexity index is 517. The summed E-state index contributed by atoms with van der Waals surface area (Å²) < 4.78 is 0. The molecule has 0 saturated heterocycles. The molecule has 17 heavy (non-hydrogen) atoms. The van der Waals surface area contributed by atoms with Crippen molar-refractivity contribution in [2.75, 3.05) is 5.32 Å². The second-order valence-electron chi connectivity index (χ2n) is 4.56. The maximum Gasteiger partial charge on any atom is 0.103 e. The van der Waals surface area contributed by atoms with Gasteiger partial charge in [0.2, 0.25) is 0 Å². The second-order valence-corrected chi connectivity index (χ2v) is 5.71. The van der Waals surface area contributed by atoms with Crippen LogP contribution in [0.25, 0.3) is 0 Å². The molecule has 3 rings (SSSR count). The van der Waals surface area contributed by atoms with Gasteiger partial charge in [-0.25, -0.2) is 0 Å². The predicted molar refractivity (Wildman–Crippen MR) is 74.6 cm³/mol. The Morgan fingerprint density at radius 2 is 1.71 bits per heavy atom. The third-order valence-electron chi connectivity index (χ3n) is 2.97. The molecule has 1 atom stereocenters. The molecular formula is C15H15NS. The van der Waals surface area contributed by atoms with Gasteiger partial charge in [0.1, 0.15) is 5.37 Å². The van der Waals surface area contributed by atoms with E-state index in [1.807, 2.05) is 11.8 Å². The van der Waals surface area contributed by atoms with E-state index in [2.05, 4.69) is 61.6 Å². The molecule has 1 N–H and O–H groups in total. The normalized spacial score (nSPS) is 17.6. The van der Waals surface area contributed by atoms with E-state index < -0.39 is 0 Å². The molecule has 1 aliphatic rings. The van der Waals surface area contributed by atoms with E-state index in [1.54, 1.807) is 0 Å². The molecule has 0 aromatic heterocycles. The molecule has 0 fully saturated rings. The zero-order valence-corrected chi connectivity index (χ0v) is 10.8. The Balaban J connectivity index is 1.93. The van der Waals surface area contributed by atoms with Crippen LogP contribution in [0.3, 0.4) is 0 Å². The van der Waals surface area contributed by atoms with Gasteiger partial charge in [-0.1, -0.05) is 53.2 Å². The Labute approximate surface area is 106 Å². The lowest BCUT2D eigenvalue weighted by Crippen LogP contribution is -2.01. The minimum Gasteiger partial charge on any atom is -0.368 e. The second kappa shape index (κ2) is 4.11. The van der Waals surface area contributed by atoms with Gasteiger partial charge in [0.05, 0.1) is 0 Å². The van der Waals surface area contributed by atoms with Crippen molar-refractivity contribution in [3.63, 3.8) is 0 Å². The lowest BCUT2D eigenvalue weighted by Gasteiger charge is -2.12. The SMILES string of the molecule is Cc1cc(C)cc(C2Nc3ccccc3S2)c1. The fraction of sp³-hybridized carbons (Fsp3) is 0.200. The van der Waals surface area contributed by atoms with E-state index in [0.717, 1.165) is 0 Å². The van der Waals surface area contributed by atoms with Crippen LogP contribution in [0, 0.1) is 13.8 Å². The van der Waals surface area contributed by atoms with Crippen molar-refractivity contribution in [1.82, 2.24) is 0 Å². The Hall–Kier alpha value is -1.41. The molecule has 0 saturated carbocycles. The highest BCUT2D eigenvalue weighted by molar-refractivity contribution is 8.00. The third-order valence-corrected chi connectivity index (χ3v) is 4.20. The molecule has 86 valence electrons. The predicted octanol–water partition coefficient (Wildman–Crippen LogP) is 4.52. The Morgan fingerprint density at radius 1 is 1.00 bits per heavy atom. The molecule has 0 spiro atoms. The van der Waals surface area contributed by atoms with Gasteiger partial charge in [-0.15, -0.1) is 0 Å². The summed E-state index contributed by atoms with van der Waals surface area (Å²) in [6.07, 6.45) is 0. The van der Waals surface area contributed by atoms with Crippen molar-refractivity contribution in [2.24, 2.45) is 0 Å². The molecule has 2 heteroatoms. The van der Waals surface area contributed by atoms with Gasteiger partial charge in [0, 0.05) is 10.6 Å². The van der Waals surface area contributed by atoms with Gasteiger partial charge in [-0.3, -0.25) is 0 Å². The van der Waals surface area contributed by atoms with Crippen molar-refractivity contribution >= 4 is 17.4 Å². The molecule has 1 nitrogen and oxygen atoms in total. The fourth-order valence-electron chi connectivity index (χ4n) is 2.30. The van der Waals surface area contributed by atoms with Crippen molar-refractivity contribution in [3.05, 3.63) is 59.2 Å². The van der Waals surface area contributed by atoms with Crippen LogP contribution in [0.2, 0.25) is 0 Å². The van der Waals surface area contributed by atoms with E-state index in [0.29, 0.717) is 5.37 Å². The monoisotopic (exact) mass is 241 g/mol. The number of anilines is 1. The van der Waals surface area contributed by atoms with E-state index >= 15 is 0 Å². The summed E-state index contributed by atoms with van der Waals surface area (Å²) in [7, 11) is 0. The van der Waals surface area contributed by atoms with Crippen molar-refractivity contribution in [2.45, 2.75) is 24.1 Å². The quantitative estimate of drug-likeness (QED) is 0.787. The number of fused-ring (bicyclic) bond motifs is 1. The summed E-state index contributed by atoms with van der Waals surface area (Å²) in [5, 5.41) is 3.92. The molecule has 0 radical (unpaired) electrons. The first-order chi connectivity index (χ1) is 8.22. The van der Waals surface area contributed by atoms with Gasteiger partial charge in [0.25, 0.3) is 0 Å². The number of hydrogen-bond acceptors (Lipinski definition) is 2. The van der Waals surface area contributed by atoms with E-state index in [9.17, 15) is 0 Å². The first-order valence-electron chi connectivity index (χ1n) is 5.83. The molecule has 1 heterocycles. The minimum absolute atomic E-state index is 0.353. The molecule has 0 amide bonds. The number of hydrogen-bond donors (Lipinski definition) is 1. The molecule has 1 unspecified atom stereocenters. The van der Waals surface area contributed by atoms with Gasteiger partial charge >= 0.3 is 0 Å². The average Bonchev–Trinajstić information content (AvgIpc) is 2.71. The summed E-state index contributed by atoms with van der Waals surface area (Å²) >= 11 is 1.90. The number of rotatable bonds is 1. The highest BCUT2D eigenvalue weighted by Gasteiger charge is 2.22. The molecule has 0 bridgehead atoms. The maximum atomic E-state index is 3.57. The Kier molecular flexibility index (Phi) is 2.60. The summed E-state index contributed by atoms with van der Waals surface area (Å²) in [6.45, 7) is 4.31. The van der Waals surface area contributed by atoms with E-state index in [-0.39, 0.29) is 0 Å². The van der Waals surface area contributed by atoms with E-state index in [1.165, 1.54) is 27.3 Å². The standard InChI is InChI=1S/C15H15NS/c1-10-7-11(2)9-12(8-10)15-16-13-5-3-4-6-14(13)17-15/h3-9,15-16H,1-2H3. The smallest absolute Gasteiger partial charge is 0.103 e. The molecule has 2 aromatic rings. The Morgan fingerprint density at radius 3 is 2.41 bits per heavy atom. The van der Waals surface area contributed by atoms with Gasteiger partial charge in [-0.05, 0) is 31.5 Å². The number of thioether (sulfide) groups is 1. The average molecular weight is 241 g/mol. The van der Waals surface area contributed by atoms with Crippen LogP contribution in [-0.2, 0) is 0 Å². The van der Waals surface area contributed by atoms with Gasteiger partial charge in [0.15, 0.2) is 0 Å². The van der Waals surface area contributed by atoms with Crippen LogP contribution < -0.4 is 5.32 Å². The van der Waals surface area contributed by atoms with Crippen molar-refractivity contribution in [1.29, 1.82) is 0 Å². The van der Waals surface area contributed by atoms with Crippen LogP contribution in [0.5, 0.6) is 0 Å². The molecule has 1 aliphatic heterocycles. The minimum atomic E-state index is 0.353. The van der Waals surface area contributed by atoms with Crippen LogP contribution in [0.4, 0.5) is 5.69 Å². The van der Waals surface area contributed by atoms with Gasteiger partial charge in [-0.2, -0.15) is 0 Å². The summed E-state index contributed by atoms with van der Waals surface area (Å²) in [5.74, 6) is 0. The largest absolute Gasteiger partial charge is 0.368 e. The number of para-hydroxylation sites is 1. The molecule has 2 aromatic carbocycles. The number of benzene rings is 2. The highest BCUT2D eigenvalue weighted by Crippen LogP contribution is 2.46. The van der Waals surface area contributed by atoms with Crippen molar-refractivity contribution < 1.29 is 0 Å². The van der Waals surface area contributed by atoms with E-state index in [4.69, 9.17) is 0 Å². The summed E-state index contributed by atoms with van der Waals surface area (Å²) in [6, 6.07) is 15.2. The molecule has 0 aliphatic carbocycles. The third kappa shape index (κ3) is 2.05. The van der Waals surface area contributed by atoms with Crippen LogP contribution in [0.1, 0.15) is 22.1 Å². The van der Waals surface area contributed by atoms with Crippen LogP contribution in [-0.4, -0.2) is 0 Å². The molecular weight excluding hydrogens is 226 g/mol. The first kappa shape index (κ1) is 10.7. The van der Waals surface area contributed by atoms with Crippen LogP contribution >= 0.6 is 11.8 Å². The first-order valence-corrected chi connectivity index (χ1v) is 6.71. The van der Waals surface area contributed by atoms with Gasteiger partial charge < -0.3 is 5.32 Å². The van der Waals surface area contributed by atoms with Crippen molar-refractivity contribution in [3.8, 4) is 0 Å². The lowest BCUT2D eigenvalue weighted by molar-refractivity contribution is 1.12. The topological polar surface area (TPSA) is 12.0 Å². The number of nitrogens with one attached hydrogen (secondary N) is 1. The lowest BCUT2D eigenvalue weighted by atomic mass is 10.1. The summed E-state index contributed by atoms with van der Waals surface area (Å²) in [4.78, 5) is 1.34. The zero-order valence-electron chi connectivity index (χ0n) is 10.0. The van der Waals surface area contributed by atoms with Crippen LogP contribution in [0.15, 0.2) is 47.4 Å². The highest BCUT2D eigenvalue weighted by atomic mass is 32.2. The fourth-order valence-corrected chi connectivity index (χ4v) is 3.42. The zero-order chi connectivity index (χ0) is 11.8. The maximum absolute atomic E-state index is 3.57.